The number of imidazole rings is 1. The summed E-state index contributed by atoms with van der Waals surface area (Å²) in [6.07, 6.45) is 9.49. The summed E-state index contributed by atoms with van der Waals surface area (Å²) in [5.41, 5.74) is 5.90. The van der Waals surface area contributed by atoms with E-state index in [4.69, 9.17) is 0 Å². The van der Waals surface area contributed by atoms with E-state index in [0.717, 1.165) is 39.4 Å². The molecule has 5 rings (SSSR count). The maximum Gasteiger partial charge on any atom is 0.247 e. The van der Waals surface area contributed by atoms with Crippen LogP contribution in [0.1, 0.15) is 18.4 Å². The number of thioether (sulfide) groups is 1. The lowest BCUT2D eigenvalue weighted by atomic mass is 10.0. The van der Waals surface area contributed by atoms with Crippen LogP contribution in [-0.2, 0) is 16.6 Å². The molecule has 0 saturated carbocycles. The number of anilines is 1. The van der Waals surface area contributed by atoms with Crippen LogP contribution in [0, 0.1) is 19.8 Å². The zero-order valence-electron chi connectivity index (χ0n) is 21.1. The molecule has 1 aliphatic heterocycles. The fourth-order valence-electron chi connectivity index (χ4n) is 4.63. The molecule has 188 valence electrons. The number of fused-ring (bicyclic) bond motifs is 1. The highest BCUT2D eigenvalue weighted by Crippen LogP contribution is 2.29. The second-order valence-corrected chi connectivity index (χ2v) is 9.82. The van der Waals surface area contributed by atoms with E-state index in [0.29, 0.717) is 13.0 Å². The van der Waals surface area contributed by atoms with Gasteiger partial charge in [-0.2, -0.15) is 0 Å². The topological polar surface area (TPSA) is 67.2 Å². The maximum absolute atomic E-state index is 13.3. The van der Waals surface area contributed by atoms with Gasteiger partial charge in [0, 0.05) is 24.8 Å². The molecular weight excluding hydrogens is 480 g/mol. The zero-order chi connectivity index (χ0) is 26.4. The second-order valence-electron chi connectivity index (χ2n) is 8.88. The zero-order valence-corrected chi connectivity index (χ0v) is 21.9. The van der Waals surface area contributed by atoms with Gasteiger partial charge in [-0.3, -0.25) is 9.59 Å². The summed E-state index contributed by atoms with van der Waals surface area (Å²) in [6, 6.07) is 23.4. The number of hydrogen-bond donors (Lipinski definition) is 1. The van der Waals surface area contributed by atoms with E-state index in [1.165, 1.54) is 17.3 Å². The Morgan fingerprint density at radius 3 is 2.57 bits per heavy atom. The highest BCUT2D eigenvalue weighted by atomic mass is 32.2. The van der Waals surface area contributed by atoms with Crippen molar-refractivity contribution in [1.82, 2.24) is 14.5 Å². The number of likely N-dealkylation sites (tertiary alicyclic amines) is 1. The third-order valence-corrected chi connectivity index (χ3v) is 7.48. The van der Waals surface area contributed by atoms with Crippen molar-refractivity contribution in [1.29, 1.82) is 0 Å². The van der Waals surface area contributed by atoms with Gasteiger partial charge < -0.3 is 14.8 Å². The largest absolute Gasteiger partial charge is 0.330 e. The molecule has 1 aliphatic rings. The van der Waals surface area contributed by atoms with Crippen molar-refractivity contribution in [2.75, 3.05) is 17.6 Å². The summed E-state index contributed by atoms with van der Waals surface area (Å²) in [6.45, 7) is 2.65. The fourth-order valence-corrected chi connectivity index (χ4v) is 5.50. The van der Waals surface area contributed by atoms with Gasteiger partial charge in [0.25, 0.3) is 0 Å². The summed E-state index contributed by atoms with van der Waals surface area (Å²) in [4.78, 5) is 32.8. The van der Waals surface area contributed by atoms with E-state index in [1.54, 1.807) is 4.90 Å². The van der Waals surface area contributed by atoms with E-state index < -0.39 is 6.04 Å². The first-order valence-electron chi connectivity index (χ1n) is 12.2. The number of rotatable bonds is 6. The van der Waals surface area contributed by atoms with E-state index >= 15 is 0 Å². The Kier molecular flexibility index (Phi) is 8.32. The van der Waals surface area contributed by atoms with Crippen molar-refractivity contribution in [3.63, 3.8) is 0 Å². The van der Waals surface area contributed by atoms with E-state index in [1.807, 2.05) is 78.3 Å². The SMILES string of the molecule is C#C.Cc1ccc2nc(SCC(=O)N3CCC[C@H]3C(=O)Nc3ccccc3-c3ccccc3)n(C)c2c1. The van der Waals surface area contributed by atoms with Gasteiger partial charge in [0.1, 0.15) is 6.04 Å². The van der Waals surface area contributed by atoms with Gasteiger partial charge in [0.15, 0.2) is 5.16 Å². The van der Waals surface area contributed by atoms with Crippen molar-refractivity contribution in [2.24, 2.45) is 7.05 Å². The van der Waals surface area contributed by atoms with Gasteiger partial charge >= 0.3 is 0 Å². The van der Waals surface area contributed by atoms with Crippen molar-refractivity contribution >= 4 is 40.3 Å². The van der Waals surface area contributed by atoms with Gasteiger partial charge in [0.05, 0.1) is 16.8 Å². The summed E-state index contributed by atoms with van der Waals surface area (Å²) in [5, 5.41) is 3.89. The molecule has 1 fully saturated rings. The van der Waals surface area contributed by atoms with Gasteiger partial charge in [-0.1, -0.05) is 66.4 Å². The number of carbonyl (C=O) groups excluding carboxylic acids is 2. The van der Waals surface area contributed by atoms with Crippen LogP contribution < -0.4 is 5.32 Å². The van der Waals surface area contributed by atoms with Crippen LogP contribution in [0.2, 0.25) is 0 Å². The number of para-hydroxylation sites is 1. The molecule has 6 nitrogen and oxygen atoms in total. The third kappa shape index (κ3) is 5.71. The van der Waals surface area contributed by atoms with Crippen molar-refractivity contribution in [3.8, 4) is 24.0 Å². The third-order valence-electron chi connectivity index (χ3n) is 6.47. The highest BCUT2D eigenvalue weighted by molar-refractivity contribution is 7.99. The van der Waals surface area contributed by atoms with Crippen LogP contribution in [0.4, 0.5) is 5.69 Å². The lowest BCUT2D eigenvalue weighted by molar-refractivity contribution is -0.134. The minimum Gasteiger partial charge on any atom is -0.330 e. The standard InChI is InChI=1S/C28H28N4O2S.C2H2/c1-19-14-15-23-25(17-19)31(2)28(30-23)35-18-26(33)32-16-8-13-24(32)27(34)29-22-12-7-6-11-21(22)20-9-4-3-5-10-20;1-2/h3-7,9-12,14-15,17,24H,8,13,16,18H2,1-2H3,(H,29,34);1-2H/t24-;/m0./s1. The molecule has 1 N–H and O–H groups in total. The van der Waals surface area contributed by atoms with E-state index in [-0.39, 0.29) is 17.6 Å². The average molecular weight is 511 g/mol. The first-order valence-corrected chi connectivity index (χ1v) is 13.1. The molecule has 37 heavy (non-hydrogen) atoms. The second kappa shape index (κ2) is 11.8. The van der Waals surface area contributed by atoms with Crippen LogP contribution >= 0.6 is 11.8 Å². The molecule has 0 unspecified atom stereocenters. The molecule has 0 aliphatic carbocycles. The minimum atomic E-state index is -0.463. The number of terminal acetylenes is 1. The molecule has 1 aromatic heterocycles. The monoisotopic (exact) mass is 510 g/mol. The molecule has 0 spiro atoms. The van der Waals surface area contributed by atoms with Crippen LogP contribution in [0.15, 0.2) is 78.0 Å². The number of aromatic nitrogens is 2. The van der Waals surface area contributed by atoms with E-state index in [9.17, 15) is 9.59 Å². The fraction of sp³-hybridized carbons (Fsp3) is 0.233. The number of carbonyl (C=O) groups is 2. The Bertz CT molecular complexity index is 1430. The molecular formula is C30H30N4O2S. The van der Waals surface area contributed by atoms with Crippen molar-refractivity contribution in [3.05, 3.63) is 78.4 Å². The molecule has 4 aromatic rings. The molecule has 0 bridgehead atoms. The van der Waals surface area contributed by atoms with Crippen molar-refractivity contribution in [2.45, 2.75) is 31.0 Å². The highest BCUT2D eigenvalue weighted by Gasteiger charge is 2.34. The van der Waals surface area contributed by atoms with Gasteiger partial charge in [-0.25, -0.2) is 4.98 Å². The minimum absolute atomic E-state index is 0.0350. The van der Waals surface area contributed by atoms with Crippen LogP contribution in [0.5, 0.6) is 0 Å². The Morgan fingerprint density at radius 1 is 1.05 bits per heavy atom. The van der Waals surface area contributed by atoms with Crippen LogP contribution in [0.25, 0.3) is 22.2 Å². The smallest absolute Gasteiger partial charge is 0.247 e. The Balaban J connectivity index is 0.00000156. The first-order chi connectivity index (χ1) is 18.0. The Morgan fingerprint density at radius 2 is 1.78 bits per heavy atom. The number of benzene rings is 3. The number of aryl methyl sites for hydroxylation is 2. The number of nitrogens with zero attached hydrogens (tertiary/aromatic N) is 3. The molecule has 1 atom stereocenters. The predicted molar refractivity (Wildman–Crippen MR) is 151 cm³/mol. The Labute approximate surface area is 222 Å². The molecule has 0 radical (unpaired) electrons. The van der Waals surface area contributed by atoms with Crippen molar-refractivity contribution < 1.29 is 9.59 Å². The van der Waals surface area contributed by atoms with Crippen LogP contribution in [0.3, 0.4) is 0 Å². The summed E-state index contributed by atoms with van der Waals surface area (Å²) in [5.74, 6) is 0.0789. The lowest BCUT2D eigenvalue weighted by Gasteiger charge is -2.24. The lowest BCUT2D eigenvalue weighted by Crippen LogP contribution is -2.44. The summed E-state index contributed by atoms with van der Waals surface area (Å²) in [7, 11) is 1.97. The molecule has 3 aromatic carbocycles. The molecule has 7 heteroatoms. The normalized spacial score (nSPS) is 14.7. The van der Waals surface area contributed by atoms with Gasteiger partial charge in [-0.05, 0) is 49.1 Å². The number of amides is 2. The number of hydrogen-bond acceptors (Lipinski definition) is 4. The Hall–Kier alpha value is -4.02. The van der Waals surface area contributed by atoms with Gasteiger partial charge in [-0.15, -0.1) is 12.8 Å². The molecule has 2 heterocycles. The van der Waals surface area contributed by atoms with E-state index in [2.05, 4.69) is 36.1 Å². The molecule has 1 saturated heterocycles. The quantitative estimate of drug-likeness (QED) is 0.274. The number of nitrogens with one attached hydrogen (secondary N) is 1. The summed E-state index contributed by atoms with van der Waals surface area (Å²) >= 11 is 1.42. The van der Waals surface area contributed by atoms with Crippen LogP contribution in [-0.4, -0.2) is 44.6 Å². The predicted octanol–water partition coefficient (Wildman–Crippen LogP) is 5.52. The first kappa shape index (κ1) is 26.1. The average Bonchev–Trinajstić information content (AvgIpc) is 3.54. The van der Waals surface area contributed by atoms with Gasteiger partial charge in [0.2, 0.25) is 11.8 Å². The summed E-state index contributed by atoms with van der Waals surface area (Å²) < 4.78 is 2.02. The molecule has 2 amide bonds. The maximum atomic E-state index is 13.3.